The molecule has 1 aromatic rings. The molecule has 100 valence electrons. The van der Waals surface area contributed by atoms with E-state index >= 15 is 0 Å². The Labute approximate surface area is 108 Å². The summed E-state index contributed by atoms with van der Waals surface area (Å²) in [5.41, 5.74) is 5.68. The Morgan fingerprint density at radius 2 is 2.00 bits per heavy atom. The van der Waals surface area contributed by atoms with Crippen molar-refractivity contribution in [3.05, 3.63) is 29.8 Å². The van der Waals surface area contributed by atoms with Crippen LogP contribution in [0, 0.1) is 17.6 Å². The fourth-order valence-corrected chi connectivity index (χ4v) is 4.28. The zero-order valence-electron chi connectivity index (χ0n) is 10.1. The van der Waals surface area contributed by atoms with Gasteiger partial charge in [0.15, 0.2) is 0 Å². The molecule has 1 fully saturated rings. The van der Waals surface area contributed by atoms with E-state index in [-0.39, 0.29) is 16.1 Å². The molecule has 2 N–H and O–H groups in total. The summed E-state index contributed by atoms with van der Waals surface area (Å²) < 4.78 is 38.9. The van der Waals surface area contributed by atoms with Crippen molar-refractivity contribution >= 4 is 10.8 Å². The van der Waals surface area contributed by atoms with Gasteiger partial charge in [0, 0.05) is 11.3 Å². The van der Waals surface area contributed by atoms with Crippen LogP contribution in [0.1, 0.15) is 25.7 Å². The average Bonchev–Trinajstić information content (AvgIpc) is 2.38. The number of hydrogen-bond donors (Lipinski definition) is 1. The molecule has 0 heterocycles. The van der Waals surface area contributed by atoms with E-state index in [4.69, 9.17) is 5.73 Å². The van der Waals surface area contributed by atoms with E-state index in [0.717, 1.165) is 37.8 Å². The lowest BCUT2D eigenvalue weighted by Crippen LogP contribution is -2.34. The molecule has 1 aliphatic rings. The Morgan fingerprint density at radius 3 is 2.67 bits per heavy atom. The quantitative estimate of drug-likeness (QED) is 0.920. The molecule has 1 saturated carbocycles. The van der Waals surface area contributed by atoms with Gasteiger partial charge in [-0.3, -0.25) is 4.21 Å². The first-order chi connectivity index (χ1) is 8.63. The normalized spacial score (nSPS) is 25.9. The Morgan fingerprint density at radius 1 is 1.28 bits per heavy atom. The molecular weight excluding hydrogens is 256 g/mol. The molecule has 18 heavy (non-hydrogen) atoms. The van der Waals surface area contributed by atoms with Crippen molar-refractivity contribution in [2.45, 2.75) is 35.8 Å². The van der Waals surface area contributed by atoms with Crippen LogP contribution in [0.25, 0.3) is 0 Å². The lowest BCUT2D eigenvalue weighted by Gasteiger charge is -2.29. The molecule has 1 aromatic carbocycles. The number of benzene rings is 1. The molecule has 0 amide bonds. The summed E-state index contributed by atoms with van der Waals surface area (Å²) in [5.74, 6) is -1.20. The standard InChI is InChI=1S/C13H17F2NOS/c14-10-5-6-13(11(15)7-10)18(17)12-4-2-1-3-9(12)8-16/h5-7,9,12H,1-4,8,16H2. The van der Waals surface area contributed by atoms with Gasteiger partial charge in [-0.15, -0.1) is 0 Å². The zero-order chi connectivity index (χ0) is 13.1. The lowest BCUT2D eigenvalue weighted by molar-refractivity contribution is 0.371. The third kappa shape index (κ3) is 2.78. The fraction of sp³-hybridized carbons (Fsp3) is 0.538. The van der Waals surface area contributed by atoms with Crippen molar-refractivity contribution < 1.29 is 13.0 Å². The molecule has 0 aromatic heterocycles. The summed E-state index contributed by atoms with van der Waals surface area (Å²) in [7, 11) is -1.44. The number of nitrogens with two attached hydrogens (primary N) is 1. The van der Waals surface area contributed by atoms with Gasteiger partial charge >= 0.3 is 0 Å². The predicted octanol–water partition coefficient (Wildman–Crippen LogP) is 2.59. The van der Waals surface area contributed by atoms with Gasteiger partial charge in [-0.2, -0.15) is 0 Å². The molecule has 5 heteroatoms. The predicted molar refractivity (Wildman–Crippen MR) is 67.6 cm³/mol. The molecule has 2 rings (SSSR count). The van der Waals surface area contributed by atoms with Crippen molar-refractivity contribution in [3.63, 3.8) is 0 Å². The minimum Gasteiger partial charge on any atom is -0.330 e. The molecule has 0 saturated heterocycles. The minimum absolute atomic E-state index is 0.0988. The third-order valence-electron chi connectivity index (χ3n) is 3.53. The Balaban J connectivity index is 2.24. The molecule has 3 unspecified atom stereocenters. The highest BCUT2D eigenvalue weighted by atomic mass is 32.2. The summed E-state index contributed by atoms with van der Waals surface area (Å²) in [6.45, 7) is 0.471. The lowest BCUT2D eigenvalue weighted by atomic mass is 9.89. The smallest absolute Gasteiger partial charge is 0.142 e. The molecular formula is C13H17F2NOS. The van der Waals surface area contributed by atoms with Crippen LogP contribution in [0.4, 0.5) is 8.78 Å². The first-order valence-electron chi connectivity index (χ1n) is 6.19. The van der Waals surface area contributed by atoms with Crippen molar-refractivity contribution in [2.75, 3.05) is 6.54 Å². The van der Waals surface area contributed by atoms with Gasteiger partial charge in [-0.1, -0.05) is 12.8 Å². The highest BCUT2D eigenvalue weighted by Gasteiger charge is 2.30. The Kier molecular flexibility index (Phi) is 4.45. The average molecular weight is 273 g/mol. The highest BCUT2D eigenvalue weighted by molar-refractivity contribution is 7.85. The molecule has 0 aliphatic heterocycles. The SMILES string of the molecule is NCC1CCCCC1S(=O)c1ccc(F)cc1F. The molecule has 3 atom stereocenters. The molecule has 0 spiro atoms. The second-order valence-corrected chi connectivity index (χ2v) is 6.33. The van der Waals surface area contributed by atoms with Gasteiger partial charge in [-0.05, 0) is 37.4 Å². The van der Waals surface area contributed by atoms with E-state index < -0.39 is 22.4 Å². The number of halogens is 2. The van der Waals surface area contributed by atoms with E-state index in [0.29, 0.717) is 6.54 Å². The largest absolute Gasteiger partial charge is 0.330 e. The monoisotopic (exact) mass is 273 g/mol. The second kappa shape index (κ2) is 5.89. The summed E-state index contributed by atoms with van der Waals surface area (Å²) >= 11 is 0. The van der Waals surface area contributed by atoms with Gasteiger partial charge in [-0.25, -0.2) is 8.78 Å². The topological polar surface area (TPSA) is 43.1 Å². The van der Waals surface area contributed by atoms with Crippen LogP contribution < -0.4 is 5.73 Å². The van der Waals surface area contributed by atoms with Crippen LogP contribution in [-0.2, 0) is 10.8 Å². The van der Waals surface area contributed by atoms with Gasteiger partial charge in [0.2, 0.25) is 0 Å². The second-order valence-electron chi connectivity index (χ2n) is 4.69. The Hall–Kier alpha value is -0.810. The maximum absolute atomic E-state index is 13.6. The fourth-order valence-electron chi connectivity index (χ4n) is 2.53. The van der Waals surface area contributed by atoms with Gasteiger partial charge in [0.05, 0.1) is 15.7 Å². The molecule has 2 nitrogen and oxygen atoms in total. The minimum atomic E-state index is -1.44. The summed E-state index contributed by atoms with van der Waals surface area (Å²) in [4.78, 5) is 0.0988. The first-order valence-corrected chi connectivity index (χ1v) is 7.40. The van der Waals surface area contributed by atoms with Gasteiger partial charge in [0.25, 0.3) is 0 Å². The zero-order valence-corrected chi connectivity index (χ0v) is 10.9. The number of rotatable bonds is 3. The van der Waals surface area contributed by atoms with E-state index in [2.05, 4.69) is 0 Å². The van der Waals surface area contributed by atoms with E-state index in [1.165, 1.54) is 6.07 Å². The van der Waals surface area contributed by atoms with Crippen LogP contribution in [-0.4, -0.2) is 16.0 Å². The molecule has 1 aliphatic carbocycles. The maximum Gasteiger partial charge on any atom is 0.142 e. The number of hydrogen-bond acceptors (Lipinski definition) is 2. The summed E-state index contributed by atoms with van der Waals surface area (Å²) in [6, 6.07) is 3.22. The van der Waals surface area contributed by atoms with Gasteiger partial charge < -0.3 is 5.73 Å². The van der Waals surface area contributed by atoms with Crippen molar-refractivity contribution in [2.24, 2.45) is 11.7 Å². The van der Waals surface area contributed by atoms with Crippen LogP contribution in [0.5, 0.6) is 0 Å². The maximum atomic E-state index is 13.6. The van der Waals surface area contributed by atoms with Crippen LogP contribution in [0.3, 0.4) is 0 Å². The molecule has 0 bridgehead atoms. The van der Waals surface area contributed by atoms with Gasteiger partial charge in [0.1, 0.15) is 11.6 Å². The summed E-state index contributed by atoms with van der Waals surface area (Å²) in [5, 5.41) is -0.108. The van der Waals surface area contributed by atoms with Crippen LogP contribution >= 0.6 is 0 Å². The Bertz CT molecular complexity index is 453. The van der Waals surface area contributed by atoms with Crippen LogP contribution in [0.2, 0.25) is 0 Å². The first kappa shape index (κ1) is 13.6. The van der Waals surface area contributed by atoms with Crippen LogP contribution in [0.15, 0.2) is 23.1 Å². The van der Waals surface area contributed by atoms with E-state index in [9.17, 15) is 13.0 Å². The van der Waals surface area contributed by atoms with Crippen molar-refractivity contribution in [1.29, 1.82) is 0 Å². The van der Waals surface area contributed by atoms with Crippen molar-refractivity contribution in [1.82, 2.24) is 0 Å². The highest BCUT2D eigenvalue weighted by Crippen LogP contribution is 2.31. The van der Waals surface area contributed by atoms with E-state index in [1.807, 2.05) is 0 Å². The van der Waals surface area contributed by atoms with E-state index in [1.54, 1.807) is 0 Å². The molecule has 0 radical (unpaired) electrons. The third-order valence-corrected chi connectivity index (χ3v) is 5.46. The summed E-state index contributed by atoms with van der Waals surface area (Å²) in [6.07, 6.45) is 3.82. The van der Waals surface area contributed by atoms with Crippen molar-refractivity contribution in [3.8, 4) is 0 Å².